The summed E-state index contributed by atoms with van der Waals surface area (Å²) in [6, 6.07) is 0. The highest BCUT2D eigenvalue weighted by molar-refractivity contribution is 7.54. The molecule has 0 aliphatic rings. The summed E-state index contributed by atoms with van der Waals surface area (Å²) < 4.78 is 10.4. The quantitative estimate of drug-likeness (QED) is 0.271. The van der Waals surface area contributed by atoms with Gasteiger partial charge in [0.15, 0.2) is 0 Å². The second kappa shape index (κ2) is 11.4. The normalized spacial score (nSPS) is 14.1. The first-order chi connectivity index (χ1) is 7.24. The second-order valence-electron chi connectivity index (χ2n) is 3.31. The van der Waals surface area contributed by atoms with Crippen molar-refractivity contribution in [3.05, 3.63) is 0 Å². The van der Waals surface area contributed by atoms with Crippen molar-refractivity contribution < 1.29 is 24.8 Å². The van der Waals surface area contributed by atoms with Gasteiger partial charge in [0.2, 0.25) is 0 Å². The van der Waals surface area contributed by atoms with E-state index in [2.05, 4.69) is 5.09 Å². The lowest BCUT2D eigenvalue weighted by Gasteiger charge is -2.20. The Labute approximate surface area is 107 Å². The molecule has 108 valence electrons. The zero-order chi connectivity index (χ0) is 13.2. The Hall–Kier alpha value is 0.280. The molecule has 1 atom stereocenters. The summed E-state index contributed by atoms with van der Waals surface area (Å²) >= 11 is 5.21. The molecule has 1 unspecified atom stereocenters. The van der Waals surface area contributed by atoms with Crippen LogP contribution < -0.4 is 10.8 Å². The van der Waals surface area contributed by atoms with Crippen molar-refractivity contribution in [2.24, 2.45) is 5.73 Å². The number of aliphatic hydroxyl groups is 3. The van der Waals surface area contributed by atoms with Crippen LogP contribution in [0.25, 0.3) is 0 Å². The van der Waals surface area contributed by atoms with E-state index in [1.54, 1.807) is 0 Å². The van der Waals surface area contributed by atoms with Crippen LogP contribution in [0.3, 0.4) is 0 Å². The molecule has 0 saturated heterocycles. The highest BCUT2D eigenvalue weighted by Crippen LogP contribution is 2.27. The Kier molecular flexibility index (Phi) is 15.0. The van der Waals surface area contributed by atoms with Gasteiger partial charge >= 0.3 is 0 Å². The van der Waals surface area contributed by atoms with Gasteiger partial charge in [-0.1, -0.05) is 7.43 Å². The zero-order valence-corrected chi connectivity index (χ0v) is 10.8. The molecular weight excluding hydrogens is 271 g/mol. The number of hydrogen-bond donors (Lipinski definition) is 6. The largest absolute Gasteiger partial charge is 0.394 e. The van der Waals surface area contributed by atoms with Crippen LogP contribution in [0.1, 0.15) is 7.43 Å². The highest BCUT2D eigenvalue weighted by Gasteiger charge is 2.20. The summed E-state index contributed by atoms with van der Waals surface area (Å²) in [5.41, 5.74) is 3.94. The Morgan fingerprint density at radius 2 is 1.65 bits per heavy atom. The molecule has 0 aromatic carbocycles. The van der Waals surface area contributed by atoms with Crippen molar-refractivity contribution in [2.75, 3.05) is 38.9 Å². The Morgan fingerprint density at radius 1 is 1.29 bits per heavy atom. The lowest BCUT2D eigenvalue weighted by Crippen LogP contribution is -2.50. The van der Waals surface area contributed by atoms with Crippen LogP contribution in [-0.2, 0) is 4.57 Å². The van der Waals surface area contributed by atoms with E-state index >= 15 is 0 Å². The average Bonchev–Trinajstić information content (AvgIpc) is 2.25. The average molecular weight is 295 g/mol. The second-order valence-corrected chi connectivity index (χ2v) is 5.77. The molecule has 0 aliphatic heterocycles. The number of nitrogens with two attached hydrogens (primary N) is 1. The number of halogens is 1. The van der Waals surface area contributed by atoms with Gasteiger partial charge < -0.3 is 25.9 Å². The Bertz CT molecular complexity index is 202. The highest BCUT2D eigenvalue weighted by atomic mass is 35.5. The van der Waals surface area contributed by atoms with E-state index in [0.29, 0.717) is 12.4 Å². The molecule has 0 aliphatic carbocycles. The van der Waals surface area contributed by atoms with E-state index < -0.39 is 32.9 Å². The van der Waals surface area contributed by atoms with Gasteiger partial charge in [0.1, 0.15) is 0 Å². The summed E-state index contributed by atoms with van der Waals surface area (Å²) in [5.74, 6) is 0.360. The molecule has 0 radical (unpaired) electrons. The first-order valence-corrected chi connectivity index (χ1v) is 7.11. The van der Waals surface area contributed by atoms with Crippen molar-refractivity contribution >= 4 is 19.1 Å². The van der Waals surface area contributed by atoms with E-state index in [1.165, 1.54) is 6.66 Å². The third-order valence-corrected chi connectivity index (χ3v) is 2.44. The number of alkyl halides is 1. The maximum atomic E-state index is 10.4. The first-order valence-electron chi connectivity index (χ1n) is 4.47. The van der Waals surface area contributed by atoms with E-state index in [-0.39, 0.29) is 7.43 Å². The van der Waals surface area contributed by atoms with Crippen molar-refractivity contribution in [3.8, 4) is 0 Å². The number of rotatable bonds is 6. The van der Waals surface area contributed by atoms with Gasteiger partial charge in [0.05, 0.1) is 25.4 Å². The van der Waals surface area contributed by atoms with Crippen LogP contribution in [0.5, 0.6) is 0 Å². The number of nitrogens with one attached hydrogen (secondary N) is 1. The molecule has 0 saturated carbocycles. The predicted molar refractivity (Wildman–Crippen MR) is 69.4 cm³/mol. The third-order valence-electron chi connectivity index (χ3n) is 1.44. The van der Waals surface area contributed by atoms with Gasteiger partial charge in [-0.2, -0.15) is 0 Å². The van der Waals surface area contributed by atoms with E-state index in [1.807, 2.05) is 0 Å². The minimum Gasteiger partial charge on any atom is -0.394 e. The van der Waals surface area contributed by atoms with E-state index in [9.17, 15) is 4.57 Å². The van der Waals surface area contributed by atoms with Crippen molar-refractivity contribution in [3.63, 3.8) is 0 Å². The monoisotopic (exact) mass is 294 g/mol. The van der Waals surface area contributed by atoms with Crippen LogP contribution in [-0.4, -0.2) is 64.7 Å². The predicted octanol–water partition coefficient (Wildman–Crippen LogP) is -1.07. The fraction of sp³-hybridized carbons (Fsp3) is 1.00. The van der Waals surface area contributed by atoms with Crippen LogP contribution in [0.2, 0.25) is 0 Å². The summed E-state index contributed by atoms with van der Waals surface area (Å²) in [6.45, 7) is 0.408. The van der Waals surface area contributed by atoms with Gasteiger partial charge in [-0.15, -0.1) is 11.6 Å². The van der Waals surface area contributed by atoms with Crippen LogP contribution in [0, 0.1) is 0 Å². The lowest BCUT2D eigenvalue weighted by molar-refractivity contribution is 0.0697. The molecular formula is C8H24ClN2O5P. The molecule has 7 N–H and O–H groups in total. The molecule has 0 fully saturated rings. The van der Waals surface area contributed by atoms with E-state index in [0.717, 1.165) is 0 Å². The summed E-state index contributed by atoms with van der Waals surface area (Å²) in [5, 5.41) is 27.4. The van der Waals surface area contributed by atoms with Crippen LogP contribution in [0.15, 0.2) is 0 Å². The minimum atomic E-state index is -3.02. The molecule has 7 nitrogen and oxygen atoms in total. The topological polar surface area (TPSA) is 136 Å². The van der Waals surface area contributed by atoms with Gasteiger partial charge in [-0.25, -0.2) is 5.09 Å². The molecule has 0 aromatic rings. The lowest BCUT2D eigenvalue weighted by atomic mass is 10.1. The molecule has 9 heteroatoms. The fourth-order valence-corrected chi connectivity index (χ4v) is 1.15. The minimum absolute atomic E-state index is 0. The molecule has 0 aromatic heterocycles. The summed E-state index contributed by atoms with van der Waals surface area (Å²) in [4.78, 5) is 8.53. The van der Waals surface area contributed by atoms with Crippen LogP contribution >= 0.6 is 19.1 Å². The maximum Gasteiger partial charge on any atom is 0.264 e. The Morgan fingerprint density at radius 3 is 1.71 bits per heavy atom. The fourth-order valence-electron chi connectivity index (χ4n) is 0.400. The molecule has 0 bridgehead atoms. The van der Waals surface area contributed by atoms with Gasteiger partial charge in [-0.3, -0.25) is 4.57 Å². The van der Waals surface area contributed by atoms with Crippen molar-refractivity contribution in [2.45, 2.75) is 13.0 Å². The number of aliphatic hydroxyl groups excluding tert-OH is 3. The SMILES string of the molecule is C.CP(=O)(O)NCCCl.NC(CO)(CO)CO. The third kappa shape index (κ3) is 16.3. The van der Waals surface area contributed by atoms with Crippen molar-refractivity contribution in [1.29, 1.82) is 0 Å². The van der Waals surface area contributed by atoms with E-state index in [4.69, 9.17) is 37.5 Å². The molecule has 0 amide bonds. The number of hydrogen-bond acceptors (Lipinski definition) is 5. The molecule has 0 spiro atoms. The van der Waals surface area contributed by atoms with Crippen molar-refractivity contribution in [1.82, 2.24) is 5.09 Å². The standard InChI is InChI=1S/C4H11NO3.C3H9ClNO2P.CH4/c5-4(1-6,2-7)3-8;1-8(6,7)5-3-2-4;/h6-8H,1-3,5H2;2-3H2,1H3,(H2,5,6,7);1H4. The Balaban J connectivity index is -0.000000218. The summed E-state index contributed by atoms with van der Waals surface area (Å²) in [6.07, 6.45) is 0. The maximum absolute atomic E-state index is 10.4. The first kappa shape index (κ1) is 22.5. The van der Waals surface area contributed by atoms with Gasteiger partial charge in [0.25, 0.3) is 7.52 Å². The smallest absolute Gasteiger partial charge is 0.264 e. The summed E-state index contributed by atoms with van der Waals surface area (Å²) in [7, 11) is -3.02. The van der Waals surface area contributed by atoms with Crippen LogP contribution in [0.4, 0.5) is 0 Å². The molecule has 0 rings (SSSR count). The van der Waals surface area contributed by atoms with Gasteiger partial charge in [-0.05, 0) is 0 Å². The molecule has 0 heterocycles. The zero-order valence-electron chi connectivity index (χ0n) is 9.14. The molecule has 17 heavy (non-hydrogen) atoms. The van der Waals surface area contributed by atoms with Gasteiger partial charge in [0, 0.05) is 19.1 Å².